The van der Waals surface area contributed by atoms with Crippen LogP contribution < -0.4 is 10.6 Å². The highest BCUT2D eigenvalue weighted by molar-refractivity contribution is 5.89. The Morgan fingerprint density at radius 3 is 1.88 bits per heavy atom. The molecule has 0 aromatic rings. The van der Waals surface area contributed by atoms with Gasteiger partial charge in [-0.3, -0.25) is 9.59 Å². The van der Waals surface area contributed by atoms with Crippen LogP contribution in [0, 0.1) is 68.5 Å². The van der Waals surface area contributed by atoms with Gasteiger partial charge < -0.3 is 20.8 Å². The van der Waals surface area contributed by atoms with Crippen LogP contribution in [0.15, 0.2) is 24.3 Å². The summed E-state index contributed by atoms with van der Waals surface area (Å²) in [5.41, 5.74) is -0.458. The summed E-state index contributed by atoms with van der Waals surface area (Å²) in [7, 11) is 0. The third-order valence-electron chi connectivity index (χ3n) is 15.6. The van der Waals surface area contributed by atoms with E-state index in [1.165, 1.54) is 0 Å². The number of nitrogens with one attached hydrogen (secondary N) is 2. The number of allylic oxidation sites excluding steroid dienone is 2. The van der Waals surface area contributed by atoms with E-state index < -0.39 is 34.9 Å². The van der Waals surface area contributed by atoms with Gasteiger partial charge in [0.2, 0.25) is 11.8 Å². The van der Waals surface area contributed by atoms with Crippen LogP contribution in [0.4, 0.5) is 0 Å². The molecule has 4 saturated carbocycles. The summed E-state index contributed by atoms with van der Waals surface area (Å²) < 4.78 is 0. The summed E-state index contributed by atoms with van der Waals surface area (Å²) in [6.07, 6.45) is 13.2. The Morgan fingerprint density at radius 1 is 0.760 bits per heavy atom. The quantitative estimate of drug-likeness (QED) is 0.162. The molecule has 2 amide bonds. The third kappa shape index (κ3) is 5.96. The van der Waals surface area contributed by atoms with Gasteiger partial charge in [0.1, 0.15) is 12.1 Å². The second kappa shape index (κ2) is 13.4. The number of hydrogen-bond donors (Lipinski definition) is 4. The molecule has 0 spiro atoms. The first-order chi connectivity index (χ1) is 23.2. The highest BCUT2D eigenvalue weighted by atomic mass is 16.4. The predicted molar refractivity (Wildman–Crippen MR) is 196 cm³/mol. The van der Waals surface area contributed by atoms with E-state index in [4.69, 9.17) is 0 Å². The van der Waals surface area contributed by atoms with Gasteiger partial charge in [-0.05, 0) is 142 Å². The van der Waals surface area contributed by atoms with Crippen molar-refractivity contribution in [2.24, 2.45) is 68.5 Å². The van der Waals surface area contributed by atoms with Gasteiger partial charge >= 0.3 is 11.9 Å². The van der Waals surface area contributed by atoms with E-state index in [0.29, 0.717) is 24.7 Å². The summed E-state index contributed by atoms with van der Waals surface area (Å²) >= 11 is 0. The topological polar surface area (TPSA) is 133 Å². The van der Waals surface area contributed by atoms with Gasteiger partial charge in [-0.1, -0.05) is 72.8 Å². The van der Waals surface area contributed by atoms with Crippen LogP contribution in [0.2, 0.25) is 0 Å². The van der Waals surface area contributed by atoms with Crippen LogP contribution in [-0.4, -0.2) is 46.0 Å². The Kier molecular flexibility index (Phi) is 10.3. The number of fused-ring (bicyclic) bond motifs is 7. The monoisotopic (exact) mass is 694 g/mol. The molecule has 0 heterocycles. The van der Waals surface area contributed by atoms with Crippen LogP contribution in [0.3, 0.4) is 0 Å². The molecule has 0 bridgehead atoms. The van der Waals surface area contributed by atoms with Gasteiger partial charge in [0.05, 0.1) is 10.8 Å². The van der Waals surface area contributed by atoms with E-state index in [0.717, 1.165) is 63.4 Å². The minimum atomic E-state index is -0.985. The zero-order valence-electron chi connectivity index (χ0n) is 32.4. The van der Waals surface area contributed by atoms with Gasteiger partial charge in [0.25, 0.3) is 0 Å². The fraction of sp³-hybridized carbons (Fsp3) is 0.810. The average molecular weight is 695 g/mol. The van der Waals surface area contributed by atoms with Gasteiger partial charge in [-0.25, -0.2) is 9.59 Å². The van der Waals surface area contributed by atoms with E-state index in [9.17, 15) is 29.4 Å². The summed E-state index contributed by atoms with van der Waals surface area (Å²) in [6.45, 7) is 23.9. The second-order valence-electron chi connectivity index (χ2n) is 19.2. The average Bonchev–Trinajstić information content (AvgIpc) is 3.41. The minimum absolute atomic E-state index is 0.0168. The standard InChI is InChI=1S/C42H66N2O6/c1-24(2)22-29(34(45)46)43-36(49)39(8)17-11-16-38(7)31(39)15-18-41(10)32(38)13-12-28-33-27(26(5)6)14-19-42(33,21-20-40(28,41)9)37(50)44-30(35(47)48)23-25(3)4/h11,17,24-25,27-33H,5,12-16,18-23H2,1-4,6-10H3,(H,43,49)(H,44,50)(H,45,46)(H,47,48)/t27-,28+,29-,30-,31+,32+,33+,38-,39+,40+,41+,42-/m0/s1. The van der Waals surface area contributed by atoms with Crippen molar-refractivity contribution in [3.05, 3.63) is 24.3 Å². The summed E-state index contributed by atoms with van der Waals surface area (Å²) in [5.74, 6) is -0.796. The van der Waals surface area contributed by atoms with Crippen LogP contribution in [0.5, 0.6) is 0 Å². The number of carbonyl (C=O) groups excluding carboxylic acids is 2. The molecule has 12 atom stereocenters. The van der Waals surface area contributed by atoms with Crippen LogP contribution in [-0.2, 0) is 19.2 Å². The minimum Gasteiger partial charge on any atom is -0.480 e. The van der Waals surface area contributed by atoms with E-state index in [1.807, 2.05) is 34.6 Å². The first-order valence-corrected chi connectivity index (χ1v) is 19.6. The lowest BCUT2D eigenvalue weighted by atomic mass is 9.32. The number of amides is 2. The van der Waals surface area contributed by atoms with Crippen molar-refractivity contribution in [3.8, 4) is 0 Å². The first kappa shape index (κ1) is 38.6. The van der Waals surface area contributed by atoms with Gasteiger partial charge in [-0.15, -0.1) is 0 Å². The van der Waals surface area contributed by atoms with E-state index in [2.05, 4.69) is 57.1 Å². The van der Waals surface area contributed by atoms with E-state index in [1.54, 1.807) is 0 Å². The second-order valence-corrected chi connectivity index (χ2v) is 19.2. The van der Waals surface area contributed by atoms with Gasteiger partial charge in [0.15, 0.2) is 0 Å². The Hall–Kier alpha value is -2.64. The molecule has 280 valence electrons. The molecule has 50 heavy (non-hydrogen) atoms. The number of hydrogen-bond acceptors (Lipinski definition) is 4. The molecule has 0 aromatic heterocycles. The van der Waals surface area contributed by atoms with Gasteiger partial charge in [-0.2, -0.15) is 0 Å². The fourth-order valence-electron chi connectivity index (χ4n) is 13.1. The SMILES string of the molecule is C=C(C)[C@@H]1CC[C@]2(C(=O)N[C@@H](CC(C)C)C(=O)O)CC[C@]3(C)[C@H](CC[C@@H]4[C@@]5(C)CC=C[C@@](C)(C(=O)N[C@@H](CC(C)C)C(=O)O)[C@@H]5CC[C@]43C)[C@@H]12. The molecular weight excluding hydrogens is 628 g/mol. The number of aliphatic carboxylic acids is 2. The van der Waals surface area contributed by atoms with E-state index in [-0.39, 0.29) is 57.6 Å². The molecule has 8 nitrogen and oxygen atoms in total. The predicted octanol–water partition coefficient (Wildman–Crippen LogP) is 8.02. The molecule has 0 saturated heterocycles. The lowest BCUT2D eigenvalue weighted by Crippen LogP contribution is -2.67. The molecule has 5 aliphatic carbocycles. The zero-order chi connectivity index (χ0) is 37.2. The first-order valence-electron chi connectivity index (χ1n) is 19.6. The number of carboxylic acid groups (broad SMARTS) is 2. The Balaban J connectivity index is 1.47. The Morgan fingerprint density at radius 2 is 1.34 bits per heavy atom. The molecule has 4 fully saturated rings. The molecule has 0 aromatic carbocycles. The Bertz CT molecular complexity index is 1420. The molecule has 0 radical (unpaired) electrons. The molecule has 8 heteroatoms. The number of rotatable bonds is 11. The lowest BCUT2D eigenvalue weighted by Gasteiger charge is -2.72. The molecule has 0 aliphatic heterocycles. The maximum atomic E-state index is 14.5. The number of carbonyl (C=O) groups is 4. The van der Waals surface area contributed by atoms with Crippen molar-refractivity contribution < 1.29 is 29.4 Å². The van der Waals surface area contributed by atoms with Crippen LogP contribution >= 0.6 is 0 Å². The maximum absolute atomic E-state index is 14.5. The van der Waals surface area contributed by atoms with E-state index >= 15 is 0 Å². The Labute approximate surface area is 301 Å². The van der Waals surface area contributed by atoms with Crippen molar-refractivity contribution in [2.75, 3.05) is 0 Å². The summed E-state index contributed by atoms with van der Waals surface area (Å²) in [6, 6.07) is -1.80. The highest BCUT2D eigenvalue weighted by Crippen LogP contribution is 2.77. The highest BCUT2D eigenvalue weighted by Gasteiger charge is 2.72. The molecule has 0 unspecified atom stereocenters. The lowest BCUT2D eigenvalue weighted by molar-refractivity contribution is -0.226. The molecule has 4 N–H and O–H groups in total. The van der Waals surface area contributed by atoms with Gasteiger partial charge in [0, 0.05) is 0 Å². The van der Waals surface area contributed by atoms with Crippen molar-refractivity contribution in [3.63, 3.8) is 0 Å². The molecule has 5 rings (SSSR count). The third-order valence-corrected chi connectivity index (χ3v) is 15.6. The largest absolute Gasteiger partial charge is 0.480 e. The molecular formula is C42H66N2O6. The van der Waals surface area contributed by atoms with Crippen molar-refractivity contribution in [1.82, 2.24) is 10.6 Å². The van der Waals surface area contributed by atoms with Crippen molar-refractivity contribution in [2.45, 2.75) is 145 Å². The van der Waals surface area contributed by atoms with Crippen molar-refractivity contribution in [1.29, 1.82) is 0 Å². The molecule has 5 aliphatic rings. The van der Waals surface area contributed by atoms with Crippen molar-refractivity contribution >= 4 is 23.8 Å². The summed E-state index contributed by atoms with van der Waals surface area (Å²) in [4.78, 5) is 53.0. The zero-order valence-corrected chi connectivity index (χ0v) is 32.4. The van der Waals surface area contributed by atoms with Crippen LogP contribution in [0.1, 0.15) is 133 Å². The maximum Gasteiger partial charge on any atom is 0.326 e. The summed E-state index contributed by atoms with van der Waals surface area (Å²) in [5, 5.41) is 26.0. The normalized spacial score (nSPS) is 41.6. The smallest absolute Gasteiger partial charge is 0.326 e. The fourth-order valence-corrected chi connectivity index (χ4v) is 13.1. The number of carboxylic acids is 2. The van der Waals surface area contributed by atoms with Crippen LogP contribution in [0.25, 0.3) is 0 Å².